The molecule has 1 aliphatic heterocycles. The Kier molecular flexibility index (Phi) is 5.46. The normalized spacial score (nSPS) is 27.8. The third-order valence-electron chi connectivity index (χ3n) is 4.82. The molecule has 0 aromatic rings. The SMILES string of the molecule is CCNC(=O)[C@@H](C)OC(=O)CN1C(=O)N[C@]2(CCCC[C@@H]2C)C1=O. The summed E-state index contributed by atoms with van der Waals surface area (Å²) < 4.78 is 5.00. The number of hydrogen-bond acceptors (Lipinski definition) is 5. The molecule has 1 aliphatic carbocycles. The van der Waals surface area contributed by atoms with Gasteiger partial charge in [0.1, 0.15) is 12.1 Å². The summed E-state index contributed by atoms with van der Waals surface area (Å²) in [6.45, 7) is 5.08. The quantitative estimate of drug-likeness (QED) is 0.562. The molecule has 2 rings (SSSR count). The summed E-state index contributed by atoms with van der Waals surface area (Å²) in [6, 6.07) is -0.573. The van der Waals surface area contributed by atoms with Crippen LogP contribution in [0.1, 0.15) is 46.5 Å². The number of carbonyl (C=O) groups excluding carboxylic acids is 4. The first-order valence-electron chi connectivity index (χ1n) is 8.43. The highest BCUT2D eigenvalue weighted by molar-refractivity contribution is 6.09. The van der Waals surface area contributed by atoms with E-state index in [1.54, 1.807) is 6.92 Å². The van der Waals surface area contributed by atoms with Crippen molar-refractivity contribution in [1.82, 2.24) is 15.5 Å². The van der Waals surface area contributed by atoms with Crippen molar-refractivity contribution >= 4 is 23.8 Å². The van der Waals surface area contributed by atoms with Crippen molar-refractivity contribution in [2.45, 2.75) is 58.1 Å². The van der Waals surface area contributed by atoms with E-state index in [0.29, 0.717) is 13.0 Å². The van der Waals surface area contributed by atoms with E-state index in [1.807, 2.05) is 6.92 Å². The van der Waals surface area contributed by atoms with Crippen molar-refractivity contribution in [2.24, 2.45) is 5.92 Å². The van der Waals surface area contributed by atoms with E-state index in [2.05, 4.69) is 10.6 Å². The maximum atomic E-state index is 12.7. The molecule has 2 aliphatic rings. The fourth-order valence-electron chi connectivity index (χ4n) is 3.37. The van der Waals surface area contributed by atoms with Crippen LogP contribution in [0.4, 0.5) is 4.79 Å². The third-order valence-corrected chi connectivity index (χ3v) is 4.82. The predicted molar refractivity (Wildman–Crippen MR) is 84.8 cm³/mol. The lowest BCUT2D eigenvalue weighted by atomic mass is 9.73. The third kappa shape index (κ3) is 3.37. The number of esters is 1. The molecule has 2 fully saturated rings. The van der Waals surface area contributed by atoms with Gasteiger partial charge in [0.15, 0.2) is 6.10 Å². The lowest BCUT2D eigenvalue weighted by Gasteiger charge is -2.36. The van der Waals surface area contributed by atoms with Gasteiger partial charge in [-0.2, -0.15) is 0 Å². The zero-order chi connectivity index (χ0) is 17.9. The summed E-state index contributed by atoms with van der Waals surface area (Å²) in [5, 5.41) is 5.31. The van der Waals surface area contributed by atoms with Gasteiger partial charge in [-0.15, -0.1) is 0 Å². The maximum Gasteiger partial charge on any atom is 0.327 e. The standard InChI is InChI=1S/C16H25N3O5/c1-4-17-13(21)11(3)24-12(20)9-19-14(22)16(18-15(19)23)8-6-5-7-10(16)2/h10-11H,4-9H2,1-3H3,(H,17,21)(H,18,23)/t10-,11+,16-/m0/s1. The van der Waals surface area contributed by atoms with Crippen LogP contribution >= 0.6 is 0 Å². The smallest absolute Gasteiger partial charge is 0.327 e. The molecule has 134 valence electrons. The number of nitrogens with one attached hydrogen (secondary N) is 2. The lowest BCUT2D eigenvalue weighted by molar-refractivity contribution is -0.156. The number of hydrogen-bond donors (Lipinski definition) is 2. The molecular formula is C16H25N3O5. The molecule has 0 radical (unpaired) electrons. The van der Waals surface area contributed by atoms with Crippen LogP contribution in [0.2, 0.25) is 0 Å². The van der Waals surface area contributed by atoms with Crippen LogP contribution in [0.3, 0.4) is 0 Å². The van der Waals surface area contributed by atoms with Gasteiger partial charge in [0.05, 0.1) is 0 Å². The molecule has 8 nitrogen and oxygen atoms in total. The molecule has 0 aromatic heterocycles. The lowest BCUT2D eigenvalue weighted by Crippen LogP contribution is -2.54. The zero-order valence-electron chi connectivity index (χ0n) is 14.4. The van der Waals surface area contributed by atoms with E-state index in [1.165, 1.54) is 6.92 Å². The van der Waals surface area contributed by atoms with Crippen molar-refractivity contribution < 1.29 is 23.9 Å². The number of likely N-dealkylation sites (N-methyl/N-ethyl adjacent to an activating group) is 1. The van der Waals surface area contributed by atoms with Gasteiger partial charge in [0, 0.05) is 6.54 Å². The average molecular weight is 339 g/mol. The summed E-state index contributed by atoms with van der Waals surface area (Å²) in [5.41, 5.74) is -0.902. The van der Waals surface area contributed by atoms with Gasteiger partial charge in [0.2, 0.25) is 0 Å². The van der Waals surface area contributed by atoms with Gasteiger partial charge in [-0.25, -0.2) is 4.79 Å². The van der Waals surface area contributed by atoms with Crippen LogP contribution < -0.4 is 10.6 Å². The molecule has 2 N–H and O–H groups in total. The molecule has 0 unspecified atom stereocenters. The average Bonchev–Trinajstić information content (AvgIpc) is 2.75. The molecule has 0 aromatic carbocycles. The molecule has 3 atom stereocenters. The van der Waals surface area contributed by atoms with Gasteiger partial charge >= 0.3 is 12.0 Å². The first-order chi connectivity index (χ1) is 11.3. The van der Waals surface area contributed by atoms with Crippen LogP contribution in [-0.4, -0.2) is 53.4 Å². The van der Waals surface area contributed by atoms with E-state index in [9.17, 15) is 19.2 Å². The Morgan fingerprint density at radius 2 is 2.12 bits per heavy atom. The Morgan fingerprint density at radius 1 is 1.42 bits per heavy atom. The molecule has 24 heavy (non-hydrogen) atoms. The van der Waals surface area contributed by atoms with Gasteiger partial charge in [-0.1, -0.05) is 19.8 Å². The zero-order valence-corrected chi connectivity index (χ0v) is 14.4. The molecule has 1 spiro atoms. The van der Waals surface area contributed by atoms with Crippen molar-refractivity contribution in [3.8, 4) is 0 Å². The Balaban J connectivity index is 1.99. The highest BCUT2D eigenvalue weighted by Gasteiger charge is 2.55. The minimum Gasteiger partial charge on any atom is -0.451 e. The monoisotopic (exact) mass is 339 g/mol. The number of imide groups is 1. The summed E-state index contributed by atoms with van der Waals surface area (Å²) in [7, 11) is 0. The van der Waals surface area contributed by atoms with Gasteiger partial charge in [0.25, 0.3) is 11.8 Å². The second kappa shape index (κ2) is 7.19. The predicted octanol–water partition coefficient (Wildman–Crippen LogP) is 0.555. The van der Waals surface area contributed by atoms with Crippen LogP contribution in [-0.2, 0) is 19.1 Å². The summed E-state index contributed by atoms with van der Waals surface area (Å²) in [5.74, 6) is -1.54. The van der Waals surface area contributed by atoms with Gasteiger partial charge in [-0.3, -0.25) is 19.3 Å². The van der Waals surface area contributed by atoms with E-state index in [0.717, 1.165) is 24.2 Å². The van der Waals surface area contributed by atoms with E-state index in [4.69, 9.17) is 4.74 Å². The molecule has 1 heterocycles. The largest absolute Gasteiger partial charge is 0.451 e. The van der Waals surface area contributed by atoms with Crippen LogP contribution in [0.15, 0.2) is 0 Å². The number of ether oxygens (including phenoxy) is 1. The first kappa shape index (κ1) is 18.2. The molecule has 4 amide bonds. The van der Waals surface area contributed by atoms with Crippen molar-refractivity contribution in [2.75, 3.05) is 13.1 Å². The summed E-state index contributed by atoms with van der Waals surface area (Å²) >= 11 is 0. The minimum absolute atomic E-state index is 0.0259. The highest BCUT2D eigenvalue weighted by atomic mass is 16.5. The Hall–Kier alpha value is -2.12. The van der Waals surface area contributed by atoms with Gasteiger partial charge in [-0.05, 0) is 32.6 Å². The van der Waals surface area contributed by atoms with Crippen LogP contribution in [0.5, 0.6) is 0 Å². The maximum absolute atomic E-state index is 12.7. The second-order valence-corrected chi connectivity index (χ2v) is 6.47. The van der Waals surface area contributed by atoms with Crippen molar-refractivity contribution in [1.29, 1.82) is 0 Å². The Morgan fingerprint density at radius 3 is 2.75 bits per heavy atom. The topological polar surface area (TPSA) is 105 Å². The molecule has 0 bridgehead atoms. The van der Waals surface area contributed by atoms with E-state index >= 15 is 0 Å². The minimum atomic E-state index is -0.971. The van der Waals surface area contributed by atoms with Crippen LogP contribution in [0, 0.1) is 5.92 Å². The number of nitrogens with zero attached hydrogens (tertiary/aromatic N) is 1. The number of amides is 4. The fraction of sp³-hybridized carbons (Fsp3) is 0.750. The van der Waals surface area contributed by atoms with Gasteiger partial charge < -0.3 is 15.4 Å². The Bertz CT molecular complexity index is 550. The van der Waals surface area contributed by atoms with Crippen molar-refractivity contribution in [3.63, 3.8) is 0 Å². The first-order valence-corrected chi connectivity index (χ1v) is 8.43. The van der Waals surface area contributed by atoms with E-state index < -0.39 is 36.1 Å². The molecule has 1 saturated carbocycles. The van der Waals surface area contributed by atoms with Crippen molar-refractivity contribution in [3.05, 3.63) is 0 Å². The fourth-order valence-corrected chi connectivity index (χ4v) is 3.37. The second-order valence-electron chi connectivity index (χ2n) is 6.47. The van der Waals surface area contributed by atoms with Crippen LogP contribution in [0.25, 0.3) is 0 Å². The molecule has 1 saturated heterocycles. The summed E-state index contributed by atoms with van der Waals surface area (Å²) in [6.07, 6.45) is 2.36. The number of urea groups is 1. The summed E-state index contributed by atoms with van der Waals surface area (Å²) in [4.78, 5) is 49.3. The number of rotatable bonds is 5. The van der Waals surface area contributed by atoms with E-state index in [-0.39, 0.29) is 11.8 Å². The molecule has 8 heteroatoms. The Labute approximate surface area is 141 Å². The molecular weight excluding hydrogens is 314 g/mol. The number of carbonyl (C=O) groups is 4. The highest BCUT2D eigenvalue weighted by Crippen LogP contribution is 2.38.